The second-order valence-corrected chi connectivity index (χ2v) is 4.85. The van der Waals surface area contributed by atoms with Crippen molar-refractivity contribution in [3.05, 3.63) is 29.6 Å². The molecule has 1 aromatic rings. The summed E-state index contributed by atoms with van der Waals surface area (Å²) >= 11 is 0. The lowest BCUT2D eigenvalue weighted by Gasteiger charge is -2.38. The van der Waals surface area contributed by atoms with Gasteiger partial charge in [0.1, 0.15) is 6.04 Å². The number of aromatic hydroxyl groups is 1. The molecule has 2 amide bonds. The highest BCUT2D eigenvalue weighted by Gasteiger charge is 2.35. The molecule has 1 heterocycles. The van der Waals surface area contributed by atoms with E-state index in [0.29, 0.717) is 19.5 Å². The lowest BCUT2D eigenvalue weighted by Crippen LogP contribution is -2.57. The summed E-state index contributed by atoms with van der Waals surface area (Å²) < 4.78 is 13.0. The van der Waals surface area contributed by atoms with E-state index in [9.17, 15) is 19.1 Å². The van der Waals surface area contributed by atoms with Gasteiger partial charge in [0.2, 0.25) is 5.91 Å². The van der Waals surface area contributed by atoms with Gasteiger partial charge in [-0.1, -0.05) is 6.92 Å². The Balaban J connectivity index is 2.27. The van der Waals surface area contributed by atoms with Crippen molar-refractivity contribution in [3.8, 4) is 5.75 Å². The Bertz CT molecular complexity index is 547. The molecule has 1 N–H and O–H groups in total. The van der Waals surface area contributed by atoms with E-state index in [2.05, 4.69) is 0 Å². The minimum Gasteiger partial charge on any atom is -0.505 e. The van der Waals surface area contributed by atoms with Crippen LogP contribution in [0.25, 0.3) is 0 Å². The Hall–Kier alpha value is -2.11. The number of rotatable bonds is 2. The number of hydrogen-bond acceptors (Lipinski definition) is 3. The number of carbonyl (C=O) groups excluding carboxylic acids is 2. The van der Waals surface area contributed by atoms with Crippen LogP contribution in [0.4, 0.5) is 4.39 Å². The van der Waals surface area contributed by atoms with Crippen LogP contribution in [0.1, 0.15) is 23.7 Å². The van der Waals surface area contributed by atoms with Gasteiger partial charge in [-0.25, -0.2) is 4.39 Å². The van der Waals surface area contributed by atoms with Crippen LogP contribution < -0.4 is 0 Å². The van der Waals surface area contributed by atoms with Gasteiger partial charge in [0.25, 0.3) is 5.91 Å². The average molecular weight is 280 g/mol. The molecule has 0 spiro atoms. The van der Waals surface area contributed by atoms with Gasteiger partial charge in [-0.15, -0.1) is 0 Å². The Morgan fingerprint density at radius 1 is 1.45 bits per heavy atom. The van der Waals surface area contributed by atoms with Crippen LogP contribution in [-0.2, 0) is 4.79 Å². The van der Waals surface area contributed by atoms with E-state index in [1.54, 1.807) is 11.9 Å². The predicted molar refractivity (Wildman–Crippen MR) is 70.8 cm³/mol. The number of benzene rings is 1. The summed E-state index contributed by atoms with van der Waals surface area (Å²) in [4.78, 5) is 27.5. The highest BCUT2D eigenvalue weighted by molar-refractivity contribution is 5.98. The fraction of sp³-hybridized carbons (Fsp3) is 0.429. The summed E-state index contributed by atoms with van der Waals surface area (Å²) in [5.41, 5.74) is 0.180. The normalized spacial score (nSPS) is 19.4. The van der Waals surface area contributed by atoms with Crippen LogP contribution in [0.3, 0.4) is 0 Å². The zero-order valence-electron chi connectivity index (χ0n) is 11.5. The van der Waals surface area contributed by atoms with E-state index >= 15 is 0 Å². The van der Waals surface area contributed by atoms with E-state index in [1.807, 2.05) is 6.92 Å². The molecule has 1 fully saturated rings. The maximum atomic E-state index is 13.0. The third-order valence-corrected chi connectivity index (χ3v) is 3.55. The molecule has 0 saturated carbocycles. The van der Waals surface area contributed by atoms with E-state index < -0.39 is 17.6 Å². The van der Waals surface area contributed by atoms with Crippen LogP contribution in [0.5, 0.6) is 5.75 Å². The largest absolute Gasteiger partial charge is 0.505 e. The number of phenols is 1. The smallest absolute Gasteiger partial charge is 0.254 e. The second kappa shape index (κ2) is 5.48. The topological polar surface area (TPSA) is 60.9 Å². The van der Waals surface area contributed by atoms with Gasteiger partial charge < -0.3 is 14.9 Å². The van der Waals surface area contributed by atoms with Crippen molar-refractivity contribution < 1.29 is 19.1 Å². The SMILES string of the molecule is CC[C@@H]1C(=O)N(C)CCN1C(=O)c1ccc(F)c(O)c1. The molecule has 2 rings (SSSR count). The van der Waals surface area contributed by atoms with E-state index in [4.69, 9.17) is 0 Å². The minimum atomic E-state index is -0.775. The summed E-state index contributed by atoms with van der Waals surface area (Å²) in [6.07, 6.45) is 0.516. The summed E-state index contributed by atoms with van der Waals surface area (Å²) in [6, 6.07) is 2.94. The Kier molecular flexibility index (Phi) is 3.92. The summed E-state index contributed by atoms with van der Waals surface area (Å²) in [6.45, 7) is 2.73. The van der Waals surface area contributed by atoms with Gasteiger partial charge in [-0.05, 0) is 24.6 Å². The molecule has 108 valence electrons. The van der Waals surface area contributed by atoms with Crippen LogP contribution in [0.15, 0.2) is 18.2 Å². The molecule has 1 aliphatic heterocycles. The molecule has 20 heavy (non-hydrogen) atoms. The number of phenolic OH excluding ortho intramolecular Hbond substituents is 1. The van der Waals surface area contributed by atoms with Crippen LogP contribution in [-0.4, -0.2) is 52.9 Å². The van der Waals surface area contributed by atoms with Crippen LogP contribution >= 0.6 is 0 Å². The molecular formula is C14H17FN2O3. The van der Waals surface area contributed by atoms with Crippen LogP contribution in [0.2, 0.25) is 0 Å². The first-order valence-corrected chi connectivity index (χ1v) is 6.50. The first-order chi connectivity index (χ1) is 9.45. The molecule has 1 atom stereocenters. The van der Waals surface area contributed by atoms with Crippen molar-refractivity contribution in [1.29, 1.82) is 0 Å². The number of likely N-dealkylation sites (N-methyl/N-ethyl adjacent to an activating group) is 1. The first kappa shape index (κ1) is 14.3. The molecular weight excluding hydrogens is 263 g/mol. The lowest BCUT2D eigenvalue weighted by molar-refractivity contribution is -0.138. The van der Waals surface area contributed by atoms with Crippen molar-refractivity contribution in [1.82, 2.24) is 9.80 Å². The molecule has 1 aromatic carbocycles. The quantitative estimate of drug-likeness (QED) is 0.886. The summed E-state index contributed by atoms with van der Waals surface area (Å²) in [5.74, 6) is -1.81. The number of hydrogen-bond donors (Lipinski definition) is 1. The highest BCUT2D eigenvalue weighted by atomic mass is 19.1. The third-order valence-electron chi connectivity index (χ3n) is 3.55. The summed E-state index contributed by atoms with van der Waals surface area (Å²) in [5, 5.41) is 9.34. The monoisotopic (exact) mass is 280 g/mol. The number of piperazine rings is 1. The van der Waals surface area contributed by atoms with Crippen molar-refractivity contribution in [2.24, 2.45) is 0 Å². The zero-order valence-corrected chi connectivity index (χ0v) is 11.5. The van der Waals surface area contributed by atoms with Gasteiger partial charge in [0.15, 0.2) is 11.6 Å². The molecule has 5 nitrogen and oxygen atoms in total. The first-order valence-electron chi connectivity index (χ1n) is 6.50. The molecule has 0 bridgehead atoms. The Morgan fingerprint density at radius 2 is 2.15 bits per heavy atom. The molecule has 1 saturated heterocycles. The highest BCUT2D eigenvalue weighted by Crippen LogP contribution is 2.21. The van der Waals surface area contributed by atoms with E-state index in [0.717, 1.165) is 12.1 Å². The third kappa shape index (κ3) is 2.45. The average Bonchev–Trinajstić information content (AvgIpc) is 2.44. The Labute approximate surface area is 116 Å². The van der Waals surface area contributed by atoms with E-state index in [-0.39, 0.29) is 17.4 Å². The van der Waals surface area contributed by atoms with Crippen molar-refractivity contribution in [2.75, 3.05) is 20.1 Å². The molecule has 6 heteroatoms. The van der Waals surface area contributed by atoms with Gasteiger partial charge in [0, 0.05) is 25.7 Å². The maximum absolute atomic E-state index is 13.0. The van der Waals surface area contributed by atoms with Gasteiger partial charge >= 0.3 is 0 Å². The number of amides is 2. The fourth-order valence-electron chi connectivity index (χ4n) is 2.36. The molecule has 0 unspecified atom stereocenters. The Morgan fingerprint density at radius 3 is 2.75 bits per heavy atom. The molecule has 0 aliphatic carbocycles. The van der Waals surface area contributed by atoms with Crippen molar-refractivity contribution >= 4 is 11.8 Å². The van der Waals surface area contributed by atoms with Gasteiger partial charge in [-0.3, -0.25) is 9.59 Å². The van der Waals surface area contributed by atoms with Gasteiger partial charge in [-0.2, -0.15) is 0 Å². The van der Waals surface area contributed by atoms with Crippen LogP contribution in [0, 0.1) is 5.82 Å². The van der Waals surface area contributed by atoms with Crippen molar-refractivity contribution in [2.45, 2.75) is 19.4 Å². The maximum Gasteiger partial charge on any atom is 0.254 e. The van der Waals surface area contributed by atoms with E-state index in [1.165, 1.54) is 11.0 Å². The van der Waals surface area contributed by atoms with Crippen molar-refractivity contribution in [3.63, 3.8) is 0 Å². The standard InChI is InChI=1S/C14H17FN2O3/c1-3-11-14(20)16(2)6-7-17(11)13(19)9-4-5-10(15)12(18)8-9/h4-5,8,11,18H,3,6-7H2,1-2H3/t11-/m1/s1. The summed E-state index contributed by atoms with van der Waals surface area (Å²) in [7, 11) is 1.70. The lowest BCUT2D eigenvalue weighted by atomic mass is 10.1. The second-order valence-electron chi connectivity index (χ2n) is 4.85. The minimum absolute atomic E-state index is 0.0987. The number of carbonyl (C=O) groups is 2. The molecule has 1 aliphatic rings. The molecule has 0 radical (unpaired) electrons. The number of nitrogens with zero attached hydrogens (tertiary/aromatic N) is 2. The molecule has 0 aromatic heterocycles. The van der Waals surface area contributed by atoms with Gasteiger partial charge in [0.05, 0.1) is 0 Å². The number of halogens is 1. The fourth-order valence-corrected chi connectivity index (χ4v) is 2.36. The zero-order chi connectivity index (χ0) is 14.9. The predicted octanol–water partition coefficient (Wildman–Crippen LogP) is 1.22.